The van der Waals surface area contributed by atoms with E-state index in [2.05, 4.69) is 21.2 Å². The third kappa shape index (κ3) is 3.61. The Morgan fingerprint density at radius 1 is 1.11 bits per heavy atom. The number of anilines is 1. The molecule has 1 N–H and O–H groups in total. The Morgan fingerprint density at radius 3 is 2.26 bits per heavy atom. The van der Waals surface area contributed by atoms with E-state index < -0.39 is 17.9 Å². The lowest BCUT2D eigenvalue weighted by Crippen LogP contribution is -2.33. The highest BCUT2D eigenvalue weighted by molar-refractivity contribution is 9.10. The van der Waals surface area contributed by atoms with Gasteiger partial charge in [-0.3, -0.25) is 0 Å². The van der Waals surface area contributed by atoms with Gasteiger partial charge < -0.3 is 5.32 Å². The molecule has 0 aliphatic heterocycles. The van der Waals surface area contributed by atoms with E-state index in [0.29, 0.717) is 23.0 Å². The number of hydrogen-bond acceptors (Lipinski definition) is 1. The SMILES string of the molecule is Fc1cccc(Br)c1NC1CCC(C(F)(F)F)CC1. The monoisotopic (exact) mass is 339 g/mol. The van der Waals surface area contributed by atoms with Crippen LogP contribution < -0.4 is 5.32 Å². The Kier molecular flexibility index (Phi) is 4.38. The van der Waals surface area contributed by atoms with E-state index in [1.165, 1.54) is 6.07 Å². The minimum absolute atomic E-state index is 0.104. The average Bonchev–Trinajstić information content (AvgIpc) is 2.33. The molecule has 6 heteroatoms. The van der Waals surface area contributed by atoms with Gasteiger partial charge in [0.2, 0.25) is 0 Å². The fourth-order valence-electron chi connectivity index (χ4n) is 2.40. The van der Waals surface area contributed by atoms with Gasteiger partial charge in [0.25, 0.3) is 0 Å². The first-order valence-corrected chi connectivity index (χ1v) is 6.94. The van der Waals surface area contributed by atoms with Gasteiger partial charge in [-0.05, 0) is 53.7 Å². The quantitative estimate of drug-likeness (QED) is 0.737. The van der Waals surface area contributed by atoms with Gasteiger partial charge in [-0.1, -0.05) is 6.07 Å². The highest BCUT2D eigenvalue weighted by atomic mass is 79.9. The molecule has 1 aliphatic rings. The Balaban J connectivity index is 1.96. The number of halogens is 5. The second-order valence-electron chi connectivity index (χ2n) is 4.83. The fourth-order valence-corrected chi connectivity index (χ4v) is 2.86. The topological polar surface area (TPSA) is 12.0 Å². The third-order valence-corrected chi connectivity index (χ3v) is 4.16. The lowest BCUT2D eigenvalue weighted by molar-refractivity contribution is -0.182. The summed E-state index contributed by atoms with van der Waals surface area (Å²) in [7, 11) is 0. The van der Waals surface area contributed by atoms with Crippen LogP contribution in [0.25, 0.3) is 0 Å². The van der Waals surface area contributed by atoms with Crippen LogP contribution in [0, 0.1) is 11.7 Å². The summed E-state index contributed by atoms with van der Waals surface area (Å²) in [5.41, 5.74) is 0.331. The van der Waals surface area contributed by atoms with Crippen molar-refractivity contribution in [1.29, 1.82) is 0 Å². The van der Waals surface area contributed by atoms with E-state index in [4.69, 9.17) is 0 Å². The van der Waals surface area contributed by atoms with Crippen LogP contribution in [0.15, 0.2) is 22.7 Å². The standard InChI is InChI=1S/C13H14BrF4N/c14-10-2-1-3-11(15)12(10)19-9-6-4-8(5-7-9)13(16,17)18/h1-3,8-9,19H,4-7H2. The van der Waals surface area contributed by atoms with Crippen LogP contribution >= 0.6 is 15.9 Å². The van der Waals surface area contributed by atoms with Gasteiger partial charge in [0.1, 0.15) is 5.82 Å². The van der Waals surface area contributed by atoms with Crippen molar-refractivity contribution in [3.05, 3.63) is 28.5 Å². The van der Waals surface area contributed by atoms with Gasteiger partial charge in [-0.2, -0.15) is 13.2 Å². The number of alkyl halides is 3. The van der Waals surface area contributed by atoms with Crippen LogP contribution in [-0.2, 0) is 0 Å². The zero-order valence-corrected chi connectivity index (χ0v) is 11.7. The van der Waals surface area contributed by atoms with Gasteiger partial charge in [0.15, 0.2) is 0 Å². The van der Waals surface area contributed by atoms with Crippen molar-refractivity contribution in [2.75, 3.05) is 5.32 Å². The van der Waals surface area contributed by atoms with Crippen LogP contribution in [0.2, 0.25) is 0 Å². The number of para-hydroxylation sites is 1. The molecule has 1 aromatic rings. The largest absolute Gasteiger partial charge is 0.391 e. The third-order valence-electron chi connectivity index (χ3n) is 3.50. The molecule has 0 spiro atoms. The molecule has 0 amide bonds. The molecule has 0 heterocycles. The molecule has 0 aromatic heterocycles. The smallest absolute Gasteiger partial charge is 0.379 e. The molecule has 0 saturated heterocycles. The second-order valence-corrected chi connectivity index (χ2v) is 5.69. The molecule has 1 aliphatic carbocycles. The van der Waals surface area contributed by atoms with Gasteiger partial charge in [0, 0.05) is 10.5 Å². The first-order chi connectivity index (χ1) is 8.88. The maximum absolute atomic E-state index is 13.6. The average molecular weight is 340 g/mol. The van der Waals surface area contributed by atoms with Crippen molar-refractivity contribution >= 4 is 21.6 Å². The molecule has 2 rings (SSSR count). The normalized spacial score (nSPS) is 24.3. The maximum Gasteiger partial charge on any atom is 0.391 e. The van der Waals surface area contributed by atoms with Crippen molar-refractivity contribution in [2.45, 2.75) is 37.9 Å². The maximum atomic E-state index is 13.6. The van der Waals surface area contributed by atoms with Gasteiger partial charge in [0.05, 0.1) is 11.6 Å². The summed E-state index contributed by atoms with van der Waals surface area (Å²) in [6.07, 6.45) is -3.08. The number of benzene rings is 1. The van der Waals surface area contributed by atoms with E-state index in [0.717, 1.165) is 0 Å². The Hall–Kier alpha value is -0.780. The molecule has 1 saturated carbocycles. The summed E-state index contributed by atoms with van der Waals surface area (Å²) in [5.74, 6) is -1.61. The highest BCUT2D eigenvalue weighted by Crippen LogP contribution is 2.38. The summed E-state index contributed by atoms with van der Waals surface area (Å²) in [4.78, 5) is 0. The van der Waals surface area contributed by atoms with Gasteiger partial charge >= 0.3 is 6.18 Å². The predicted octanol–water partition coefficient (Wildman–Crippen LogP) is 5.12. The van der Waals surface area contributed by atoms with Crippen LogP contribution in [-0.4, -0.2) is 12.2 Å². The molecule has 0 bridgehead atoms. The summed E-state index contributed by atoms with van der Waals surface area (Å²) in [5, 5.41) is 3.00. The zero-order chi connectivity index (χ0) is 14.0. The Labute approximate surface area is 117 Å². The van der Waals surface area contributed by atoms with Gasteiger partial charge in [-0.15, -0.1) is 0 Å². The van der Waals surface area contributed by atoms with Crippen LogP contribution in [0.1, 0.15) is 25.7 Å². The molecular weight excluding hydrogens is 326 g/mol. The zero-order valence-electron chi connectivity index (χ0n) is 10.1. The number of nitrogens with one attached hydrogen (secondary N) is 1. The van der Waals surface area contributed by atoms with Crippen molar-refractivity contribution in [3.63, 3.8) is 0 Å². The minimum Gasteiger partial charge on any atom is -0.379 e. The molecule has 1 fully saturated rings. The molecular formula is C13H14BrF4N. The van der Waals surface area contributed by atoms with Crippen molar-refractivity contribution in [2.24, 2.45) is 5.92 Å². The minimum atomic E-state index is -4.11. The van der Waals surface area contributed by atoms with E-state index in [1.807, 2.05) is 0 Å². The Morgan fingerprint density at radius 2 is 1.74 bits per heavy atom. The van der Waals surface area contributed by atoms with Gasteiger partial charge in [-0.25, -0.2) is 4.39 Å². The fraction of sp³-hybridized carbons (Fsp3) is 0.538. The van der Waals surface area contributed by atoms with Crippen molar-refractivity contribution in [1.82, 2.24) is 0 Å². The lowest BCUT2D eigenvalue weighted by atomic mass is 9.85. The lowest BCUT2D eigenvalue weighted by Gasteiger charge is -2.31. The predicted molar refractivity (Wildman–Crippen MR) is 69.5 cm³/mol. The van der Waals surface area contributed by atoms with E-state index in [1.54, 1.807) is 12.1 Å². The summed E-state index contributed by atoms with van der Waals surface area (Å²) >= 11 is 3.24. The molecule has 0 unspecified atom stereocenters. The number of rotatable bonds is 2. The first-order valence-electron chi connectivity index (χ1n) is 6.15. The van der Waals surface area contributed by atoms with E-state index in [9.17, 15) is 17.6 Å². The molecule has 0 radical (unpaired) electrons. The highest BCUT2D eigenvalue weighted by Gasteiger charge is 2.41. The Bertz CT molecular complexity index is 419. The van der Waals surface area contributed by atoms with Crippen LogP contribution in [0.5, 0.6) is 0 Å². The molecule has 1 nitrogen and oxygen atoms in total. The first kappa shape index (κ1) is 14.6. The van der Waals surface area contributed by atoms with Crippen LogP contribution in [0.4, 0.5) is 23.2 Å². The molecule has 0 atom stereocenters. The van der Waals surface area contributed by atoms with E-state index in [-0.39, 0.29) is 18.9 Å². The molecule has 106 valence electrons. The molecule has 1 aromatic carbocycles. The summed E-state index contributed by atoms with van der Waals surface area (Å²) in [6, 6.07) is 4.50. The summed E-state index contributed by atoms with van der Waals surface area (Å²) in [6.45, 7) is 0. The van der Waals surface area contributed by atoms with Crippen molar-refractivity contribution < 1.29 is 17.6 Å². The second kappa shape index (κ2) is 5.69. The van der Waals surface area contributed by atoms with E-state index >= 15 is 0 Å². The number of hydrogen-bond donors (Lipinski definition) is 1. The summed E-state index contributed by atoms with van der Waals surface area (Å²) < 4.78 is 51.8. The van der Waals surface area contributed by atoms with Crippen LogP contribution in [0.3, 0.4) is 0 Å². The van der Waals surface area contributed by atoms with Crippen molar-refractivity contribution in [3.8, 4) is 0 Å². The molecule has 19 heavy (non-hydrogen) atoms.